The second-order valence-electron chi connectivity index (χ2n) is 7.84. The number of nitrogens with one attached hydrogen (secondary N) is 1. The van der Waals surface area contributed by atoms with Gasteiger partial charge in [0.25, 0.3) is 0 Å². The monoisotopic (exact) mass is 460 g/mol. The number of urea groups is 1. The van der Waals surface area contributed by atoms with Crippen LogP contribution in [0.1, 0.15) is 57.3 Å². The lowest BCUT2D eigenvalue weighted by Gasteiger charge is -2.41. The van der Waals surface area contributed by atoms with E-state index in [2.05, 4.69) is 38.3 Å². The van der Waals surface area contributed by atoms with Crippen molar-refractivity contribution >= 4 is 27.9 Å². The summed E-state index contributed by atoms with van der Waals surface area (Å²) in [4.78, 5) is 31.3. The van der Waals surface area contributed by atoms with Crippen molar-refractivity contribution in [3.8, 4) is 11.4 Å². The second-order valence-corrected chi connectivity index (χ2v) is 8.75. The van der Waals surface area contributed by atoms with Crippen LogP contribution in [0.2, 0.25) is 0 Å². The van der Waals surface area contributed by atoms with E-state index in [1.165, 1.54) is 4.90 Å². The van der Waals surface area contributed by atoms with Gasteiger partial charge in [-0.1, -0.05) is 53.0 Å². The lowest BCUT2D eigenvalue weighted by molar-refractivity contribution is -0.136. The molecule has 0 spiro atoms. The number of carbonyl (C=O) groups is 2. The minimum Gasteiger partial charge on any atom is -0.339 e. The average molecular weight is 461 g/mol. The first-order valence-corrected chi connectivity index (χ1v) is 11.1. The summed E-state index contributed by atoms with van der Waals surface area (Å²) < 4.78 is 6.49. The Morgan fingerprint density at radius 3 is 2.93 bits per heavy atom. The first-order valence-electron chi connectivity index (χ1n) is 10.3. The quantitative estimate of drug-likeness (QED) is 0.641. The van der Waals surface area contributed by atoms with E-state index >= 15 is 0 Å². The number of amides is 3. The molecule has 2 fully saturated rings. The van der Waals surface area contributed by atoms with Crippen LogP contribution >= 0.6 is 15.9 Å². The summed E-state index contributed by atoms with van der Waals surface area (Å²) in [5.41, 5.74) is 0.881. The molecular weight excluding hydrogens is 436 g/mol. The first-order chi connectivity index (χ1) is 14.1. The molecule has 1 aromatic carbocycles. The lowest BCUT2D eigenvalue weighted by atomic mass is 9.76. The minimum atomic E-state index is -0.270. The summed E-state index contributed by atoms with van der Waals surface area (Å²) in [5.74, 6) is 0.982. The van der Waals surface area contributed by atoms with Crippen molar-refractivity contribution < 1.29 is 14.1 Å². The Labute approximate surface area is 178 Å². The van der Waals surface area contributed by atoms with Crippen LogP contribution in [0.5, 0.6) is 0 Å². The molecule has 7 nitrogen and oxygen atoms in total. The summed E-state index contributed by atoms with van der Waals surface area (Å²) in [6.45, 7) is 2.61. The van der Waals surface area contributed by atoms with E-state index in [4.69, 9.17) is 4.52 Å². The Bertz CT molecular complexity index is 900. The molecule has 2 aliphatic rings. The molecule has 3 unspecified atom stereocenters. The molecule has 2 aromatic rings. The van der Waals surface area contributed by atoms with Gasteiger partial charge in [-0.25, -0.2) is 4.79 Å². The van der Waals surface area contributed by atoms with Crippen molar-refractivity contribution in [2.75, 3.05) is 6.54 Å². The van der Waals surface area contributed by atoms with Crippen molar-refractivity contribution in [3.05, 3.63) is 34.6 Å². The topological polar surface area (TPSA) is 88.3 Å². The number of unbranched alkanes of at least 4 members (excludes halogenated alkanes) is 2. The molecule has 0 bridgehead atoms. The van der Waals surface area contributed by atoms with E-state index in [1.54, 1.807) is 0 Å². The maximum Gasteiger partial charge on any atom is 0.324 e. The maximum atomic E-state index is 12.8. The fourth-order valence-electron chi connectivity index (χ4n) is 4.26. The second kappa shape index (κ2) is 8.65. The Morgan fingerprint density at radius 2 is 2.14 bits per heavy atom. The number of hydrogen-bond donors (Lipinski definition) is 1. The molecule has 3 atom stereocenters. The van der Waals surface area contributed by atoms with Gasteiger partial charge in [-0.05, 0) is 37.8 Å². The van der Waals surface area contributed by atoms with E-state index in [-0.39, 0.29) is 29.8 Å². The Morgan fingerprint density at radius 1 is 1.28 bits per heavy atom. The van der Waals surface area contributed by atoms with E-state index in [0.717, 1.165) is 35.7 Å². The third-order valence-electron chi connectivity index (χ3n) is 5.85. The zero-order valence-electron chi connectivity index (χ0n) is 16.4. The summed E-state index contributed by atoms with van der Waals surface area (Å²) in [6, 6.07) is 7.31. The number of aromatic nitrogens is 2. The van der Waals surface area contributed by atoms with Crippen LogP contribution in [0.4, 0.5) is 4.79 Å². The summed E-state index contributed by atoms with van der Waals surface area (Å²) in [5, 5.41) is 7.16. The zero-order valence-corrected chi connectivity index (χ0v) is 18.0. The van der Waals surface area contributed by atoms with Crippen LogP contribution in [0.15, 0.2) is 33.3 Å². The van der Waals surface area contributed by atoms with Crippen LogP contribution in [0.3, 0.4) is 0 Å². The fraction of sp³-hybridized carbons (Fsp3) is 0.524. The molecule has 2 heterocycles. The van der Waals surface area contributed by atoms with Crippen LogP contribution in [0, 0.1) is 5.92 Å². The van der Waals surface area contributed by atoms with Crippen molar-refractivity contribution in [2.45, 2.75) is 57.4 Å². The maximum absolute atomic E-state index is 12.8. The molecule has 1 aliphatic heterocycles. The molecule has 0 radical (unpaired) electrons. The third-order valence-corrected chi connectivity index (χ3v) is 6.34. The largest absolute Gasteiger partial charge is 0.339 e. The standard InChI is InChI=1S/C21H25BrN4O3/c1-2-3-4-10-26-20(27)16-9-8-14(12-17(16)23-21(26)28)19-24-18(25-29-19)13-6-5-7-15(22)11-13/h5-7,11,14,16-17H,2-4,8-10,12H2,1H3,(H,23,28). The zero-order chi connectivity index (χ0) is 20.4. The molecule has 3 amide bonds. The van der Waals surface area contributed by atoms with Gasteiger partial charge in [0.05, 0.1) is 5.92 Å². The molecule has 1 N–H and O–H groups in total. The van der Waals surface area contributed by atoms with Crippen LogP contribution < -0.4 is 5.32 Å². The molecule has 8 heteroatoms. The first kappa shape index (κ1) is 20.1. The molecule has 154 valence electrons. The Kier molecular flexibility index (Phi) is 5.99. The Balaban J connectivity index is 1.43. The molecule has 4 rings (SSSR count). The van der Waals surface area contributed by atoms with Crippen molar-refractivity contribution in [1.29, 1.82) is 0 Å². The minimum absolute atomic E-state index is 0.0337. The Hall–Kier alpha value is -2.22. The highest BCUT2D eigenvalue weighted by molar-refractivity contribution is 9.10. The van der Waals surface area contributed by atoms with Gasteiger partial charge in [0, 0.05) is 28.5 Å². The predicted octanol–water partition coefficient (Wildman–Crippen LogP) is 4.49. The van der Waals surface area contributed by atoms with E-state index in [1.807, 2.05) is 24.3 Å². The smallest absolute Gasteiger partial charge is 0.324 e. The van der Waals surface area contributed by atoms with Gasteiger partial charge in [-0.15, -0.1) is 0 Å². The normalized spacial score (nSPS) is 24.3. The number of hydrogen-bond acceptors (Lipinski definition) is 5. The van der Waals surface area contributed by atoms with Gasteiger partial charge in [0.2, 0.25) is 17.6 Å². The number of fused-ring (bicyclic) bond motifs is 1. The molecule has 1 saturated heterocycles. The summed E-state index contributed by atoms with van der Waals surface area (Å²) in [7, 11) is 0. The highest BCUT2D eigenvalue weighted by Crippen LogP contribution is 2.38. The summed E-state index contributed by atoms with van der Waals surface area (Å²) in [6.07, 6.45) is 5.09. The predicted molar refractivity (Wildman–Crippen MR) is 111 cm³/mol. The number of rotatable bonds is 6. The van der Waals surface area contributed by atoms with Crippen LogP contribution in [0.25, 0.3) is 11.4 Å². The van der Waals surface area contributed by atoms with Gasteiger partial charge in [-0.3, -0.25) is 9.69 Å². The van der Waals surface area contributed by atoms with Gasteiger partial charge >= 0.3 is 6.03 Å². The van der Waals surface area contributed by atoms with Crippen LogP contribution in [-0.2, 0) is 4.79 Å². The third kappa shape index (κ3) is 4.22. The molecule has 1 aliphatic carbocycles. The van der Waals surface area contributed by atoms with Crippen molar-refractivity contribution in [2.24, 2.45) is 5.92 Å². The number of halogens is 1. The molecule has 29 heavy (non-hydrogen) atoms. The van der Waals surface area contributed by atoms with E-state index < -0.39 is 0 Å². The van der Waals surface area contributed by atoms with Crippen molar-refractivity contribution in [3.63, 3.8) is 0 Å². The van der Waals surface area contributed by atoms with E-state index in [9.17, 15) is 9.59 Å². The van der Waals surface area contributed by atoms with E-state index in [0.29, 0.717) is 31.1 Å². The average Bonchev–Trinajstić information content (AvgIpc) is 3.20. The van der Waals surface area contributed by atoms with Gasteiger partial charge in [0.15, 0.2) is 0 Å². The highest BCUT2D eigenvalue weighted by Gasteiger charge is 2.45. The molecule has 1 aromatic heterocycles. The van der Waals surface area contributed by atoms with Crippen molar-refractivity contribution in [1.82, 2.24) is 20.4 Å². The number of imide groups is 1. The van der Waals surface area contributed by atoms with Gasteiger partial charge in [-0.2, -0.15) is 4.98 Å². The number of benzene rings is 1. The SMILES string of the molecule is CCCCCN1C(=O)NC2CC(c3nc(-c4cccc(Br)c4)no3)CCC2C1=O. The lowest BCUT2D eigenvalue weighted by Crippen LogP contribution is -2.61. The highest BCUT2D eigenvalue weighted by atomic mass is 79.9. The van der Waals surface area contributed by atoms with Gasteiger partial charge < -0.3 is 9.84 Å². The fourth-order valence-corrected chi connectivity index (χ4v) is 4.66. The molecule has 1 saturated carbocycles. The van der Waals surface area contributed by atoms with Gasteiger partial charge in [0.1, 0.15) is 0 Å². The number of carbonyl (C=O) groups excluding carboxylic acids is 2. The number of nitrogens with zero attached hydrogens (tertiary/aromatic N) is 3. The summed E-state index contributed by atoms with van der Waals surface area (Å²) >= 11 is 3.45. The van der Waals surface area contributed by atoms with Crippen LogP contribution in [-0.4, -0.2) is 39.6 Å². The molecular formula is C21H25BrN4O3.